The van der Waals surface area contributed by atoms with Crippen molar-refractivity contribution < 1.29 is 14.1 Å². The highest BCUT2D eigenvalue weighted by atomic mass is 32.1. The van der Waals surface area contributed by atoms with Gasteiger partial charge in [0.05, 0.1) is 16.7 Å². The van der Waals surface area contributed by atoms with Crippen LogP contribution < -0.4 is 15.0 Å². The zero-order valence-corrected chi connectivity index (χ0v) is 22.2. The summed E-state index contributed by atoms with van der Waals surface area (Å²) >= 11 is 5.82. The number of non-ortho nitro benzene ring substituents is 1. The van der Waals surface area contributed by atoms with E-state index in [0.29, 0.717) is 22.4 Å². The van der Waals surface area contributed by atoms with Crippen LogP contribution in [0.2, 0.25) is 0 Å². The van der Waals surface area contributed by atoms with Crippen LogP contribution in [0.5, 0.6) is 11.5 Å². The van der Waals surface area contributed by atoms with Gasteiger partial charge in [-0.05, 0) is 91.9 Å². The first-order valence-corrected chi connectivity index (χ1v) is 13.1. The Labute approximate surface area is 236 Å². The van der Waals surface area contributed by atoms with Crippen molar-refractivity contribution in [1.29, 1.82) is 0 Å². The number of anilines is 1. The van der Waals surface area contributed by atoms with Crippen LogP contribution in [0, 0.1) is 17.0 Å². The Hall–Kier alpha value is -5.02. The first-order valence-electron chi connectivity index (χ1n) is 12.7. The second kappa shape index (κ2) is 10.6. The highest BCUT2D eigenvalue weighted by Crippen LogP contribution is 2.43. The van der Waals surface area contributed by atoms with Crippen LogP contribution in [0.4, 0.5) is 11.4 Å². The van der Waals surface area contributed by atoms with E-state index < -0.39 is 4.92 Å². The summed E-state index contributed by atoms with van der Waals surface area (Å²) in [5.41, 5.74) is 3.62. The van der Waals surface area contributed by atoms with Crippen molar-refractivity contribution in [3.05, 3.63) is 136 Å². The number of hydrogen-bond acceptors (Lipinski definition) is 6. The Bertz CT molecular complexity index is 1650. The molecule has 6 rings (SSSR count). The molecule has 0 unspecified atom stereocenters. The SMILES string of the molecule is Cc1ccc(Oc2ccc(N3C(=S)N[C@@H](c4ccccn4)[C@@H]3c3ccc(-c4ccc([N+](=O)[O-])cc4)o3)cc2)cc1. The second-order valence-electron chi connectivity index (χ2n) is 9.41. The maximum atomic E-state index is 11.1. The van der Waals surface area contributed by atoms with Crippen molar-refractivity contribution in [3.63, 3.8) is 0 Å². The van der Waals surface area contributed by atoms with Gasteiger partial charge in [-0.3, -0.25) is 15.1 Å². The zero-order valence-electron chi connectivity index (χ0n) is 21.4. The van der Waals surface area contributed by atoms with Gasteiger partial charge >= 0.3 is 0 Å². The number of aryl methyl sites for hydroxylation is 1. The molecule has 0 spiro atoms. The molecule has 2 aromatic heterocycles. The van der Waals surface area contributed by atoms with Crippen molar-refractivity contribution in [1.82, 2.24) is 10.3 Å². The molecule has 1 aliphatic rings. The van der Waals surface area contributed by atoms with Gasteiger partial charge in [0.1, 0.15) is 29.1 Å². The molecule has 0 radical (unpaired) electrons. The highest BCUT2D eigenvalue weighted by molar-refractivity contribution is 7.80. The van der Waals surface area contributed by atoms with Crippen LogP contribution in [0.3, 0.4) is 0 Å². The predicted molar refractivity (Wildman–Crippen MR) is 156 cm³/mol. The Morgan fingerprint density at radius 3 is 2.27 bits per heavy atom. The Morgan fingerprint density at radius 1 is 0.925 bits per heavy atom. The maximum Gasteiger partial charge on any atom is 0.269 e. The quantitative estimate of drug-likeness (QED) is 0.127. The number of nitrogens with zero attached hydrogens (tertiary/aromatic N) is 3. The van der Waals surface area contributed by atoms with Crippen molar-refractivity contribution in [2.45, 2.75) is 19.0 Å². The van der Waals surface area contributed by atoms with Gasteiger partial charge in [-0.1, -0.05) is 23.8 Å². The van der Waals surface area contributed by atoms with Gasteiger partial charge in [-0.25, -0.2) is 0 Å². The van der Waals surface area contributed by atoms with Gasteiger partial charge in [0, 0.05) is 29.6 Å². The van der Waals surface area contributed by atoms with E-state index in [1.165, 1.54) is 17.7 Å². The number of pyridine rings is 1. The van der Waals surface area contributed by atoms with E-state index in [9.17, 15) is 10.1 Å². The summed E-state index contributed by atoms with van der Waals surface area (Å²) in [7, 11) is 0. The number of nitrogens with one attached hydrogen (secondary N) is 1. The molecule has 0 aliphatic carbocycles. The fourth-order valence-corrected chi connectivity index (χ4v) is 5.10. The number of nitro benzene ring substituents is 1. The van der Waals surface area contributed by atoms with E-state index in [4.69, 9.17) is 21.4 Å². The minimum Gasteiger partial charge on any atom is -0.459 e. The monoisotopic (exact) mass is 548 g/mol. The molecule has 1 saturated heterocycles. The number of nitro groups is 1. The minimum absolute atomic E-state index is 0.0251. The average molecular weight is 549 g/mol. The fraction of sp³-hybridized carbons (Fsp3) is 0.0968. The lowest BCUT2D eigenvalue weighted by Gasteiger charge is -2.26. The highest BCUT2D eigenvalue weighted by Gasteiger charge is 2.42. The molecule has 40 heavy (non-hydrogen) atoms. The zero-order chi connectivity index (χ0) is 27.6. The molecular formula is C31H24N4O4S. The molecule has 3 heterocycles. The standard InChI is InChI=1S/C31H24N4O4S/c1-20-5-13-24(14-6-20)38-25-15-11-22(12-16-25)34-30(29(33-31(34)40)26-4-2-3-19-32-26)28-18-17-27(39-28)21-7-9-23(10-8-21)35(36)37/h2-19,29-30H,1H3,(H,33,40)/t29-,30-/m0/s1. The number of thiocarbonyl (C=S) groups is 1. The van der Waals surface area contributed by atoms with Crippen LogP contribution >= 0.6 is 12.2 Å². The predicted octanol–water partition coefficient (Wildman–Crippen LogP) is 7.53. The molecule has 3 aromatic carbocycles. The first kappa shape index (κ1) is 25.3. The van der Waals surface area contributed by atoms with E-state index in [0.717, 1.165) is 22.7 Å². The maximum absolute atomic E-state index is 11.1. The Balaban J connectivity index is 1.33. The Kier molecular flexibility index (Phi) is 6.71. The van der Waals surface area contributed by atoms with E-state index in [1.54, 1.807) is 18.3 Å². The third-order valence-electron chi connectivity index (χ3n) is 6.75. The largest absolute Gasteiger partial charge is 0.459 e. The van der Waals surface area contributed by atoms with Gasteiger partial charge in [-0.2, -0.15) is 0 Å². The lowest BCUT2D eigenvalue weighted by molar-refractivity contribution is -0.384. The number of hydrogen-bond donors (Lipinski definition) is 1. The van der Waals surface area contributed by atoms with Gasteiger partial charge in [0.15, 0.2) is 5.11 Å². The van der Waals surface area contributed by atoms with Gasteiger partial charge in [0.25, 0.3) is 5.69 Å². The summed E-state index contributed by atoms with van der Waals surface area (Å²) in [5.74, 6) is 2.75. The second-order valence-corrected chi connectivity index (χ2v) is 9.80. The molecule has 0 bridgehead atoms. The number of benzene rings is 3. The minimum atomic E-state index is -0.422. The first-order chi connectivity index (χ1) is 19.5. The van der Waals surface area contributed by atoms with Gasteiger partial charge in [-0.15, -0.1) is 0 Å². The summed E-state index contributed by atoms with van der Waals surface area (Å²) in [4.78, 5) is 17.2. The molecule has 0 amide bonds. The van der Waals surface area contributed by atoms with Crippen LogP contribution in [-0.2, 0) is 0 Å². The molecule has 1 N–H and O–H groups in total. The van der Waals surface area contributed by atoms with E-state index in [2.05, 4.69) is 10.3 Å². The van der Waals surface area contributed by atoms with Gasteiger partial charge in [0.2, 0.25) is 0 Å². The summed E-state index contributed by atoms with van der Waals surface area (Å²) in [5, 5.41) is 15.0. The topological polar surface area (TPSA) is 93.7 Å². The normalized spacial score (nSPS) is 16.5. The molecule has 5 aromatic rings. The lowest BCUT2D eigenvalue weighted by atomic mass is 10.0. The lowest BCUT2D eigenvalue weighted by Crippen LogP contribution is -2.29. The number of furan rings is 1. The summed E-state index contributed by atoms with van der Waals surface area (Å²) in [6.45, 7) is 2.04. The molecule has 8 nitrogen and oxygen atoms in total. The van der Waals surface area contributed by atoms with Crippen molar-refractivity contribution >= 4 is 28.7 Å². The van der Waals surface area contributed by atoms with Crippen molar-refractivity contribution in [2.24, 2.45) is 0 Å². The Morgan fingerprint density at radius 2 is 1.62 bits per heavy atom. The third kappa shape index (κ3) is 5.02. The van der Waals surface area contributed by atoms with Crippen LogP contribution in [0.15, 0.2) is 114 Å². The number of ether oxygens (including phenoxy) is 1. The molecule has 198 valence electrons. The molecule has 9 heteroatoms. The van der Waals surface area contributed by atoms with Crippen LogP contribution in [0.25, 0.3) is 11.3 Å². The fourth-order valence-electron chi connectivity index (χ4n) is 4.75. The molecule has 2 atom stereocenters. The van der Waals surface area contributed by atoms with Crippen molar-refractivity contribution in [2.75, 3.05) is 4.90 Å². The number of aromatic nitrogens is 1. The summed E-state index contributed by atoms with van der Waals surface area (Å²) < 4.78 is 12.4. The van der Waals surface area contributed by atoms with Crippen LogP contribution in [0.1, 0.15) is 29.1 Å². The third-order valence-corrected chi connectivity index (χ3v) is 7.07. The van der Waals surface area contributed by atoms with E-state index in [1.807, 2.05) is 90.7 Å². The van der Waals surface area contributed by atoms with Crippen LogP contribution in [-0.4, -0.2) is 15.0 Å². The smallest absolute Gasteiger partial charge is 0.269 e. The number of rotatable bonds is 7. The summed E-state index contributed by atoms with van der Waals surface area (Å²) in [6.07, 6.45) is 1.75. The van der Waals surface area contributed by atoms with Crippen molar-refractivity contribution in [3.8, 4) is 22.8 Å². The average Bonchev–Trinajstić information content (AvgIpc) is 3.60. The van der Waals surface area contributed by atoms with Gasteiger partial charge < -0.3 is 19.4 Å². The van der Waals surface area contributed by atoms with E-state index >= 15 is 0 Å². The van der Waals surface area contributed by atoms with E-state index in [-0.39, 0.29) is 17.8 Å². The molecule has 1 fully saturated rings. The molecule has 0 saturated carbocycles. The molecule has 1 aliphatic heterocycles. The molecular weight excluding hydrogens is 524 g/mol. The summed E-state index contributed by atoms with van der Waals surface area (Å²) in [6, 6.07) is 30.9.